The van der Waals surface area contributed by atoms with E-state index < -0.39 is 19.2 Å². The van der Waals surface area contributed by atoms with Crippen molar-refractivity contribution in [3.8, 4) is 0 Å². The van der Waals surface area contributed by atoms with Crippen LogP contribution in [0.3, 0.4) is 0 Å². The maximum atomic E-state index is 12.5. The van der Waals surface area contributed by atoms with Gasteiger partial charge in [-0.2, -0.15) is 0 Å². The lowest BCUT2D eigenvalue weighted by Crippen LogP contribution is -2.14. The fraction of sp³-hybridized carbons (Fsp3) is 0.238. The summed E-state index contributed by atoms with van der Waals surface area (Å²) in [5, 5.41) is 0.723. The summed E-state index contributed by atoms with van der Waals surface area (Å²) in [7, 11) is -2.90. The van der Waals surface area contributed by atoms with E-state index in [1.807, 2.05) is 41.0 Å². The van der Waals surface area contributed by atoms with Gasteiger partial charge in [0.25, 0.3) is 0 Å². The highest BCUT2D eigenvalue weighted by molar-refractivity contribution is 9.10. The Kier molecular flexibility index (Phi) is 6.93. The Labute approximate surface area is 182 Å². The summed E-state index contributed by atoms with van der Waals surface area (Å²) >= 11 is 3.60. The molecule has 3 N–H and O–H groups in total. The molecule has 0 fully saturated rings. The molecule has 0 aliphatic rings. The molecule has 9 heteroatoms. The first kappa shape index (κ1) is 22.4. The van der Waals surface area contributed by atoms with E-state index >= 15 is 0 Å². The van der Waals surface area contributed by atoms with Crippen molar-refractivity contribution in [1.82, 2.24) is 4.57 Å². The third-order valence-electron chi connectivity index (χ3n) is 5.02. The zero-order valence-corrected chi connectivity index (χ0v) is 18.8. The van der Waals surface area contributed by atoms with Crippen molar-refractivity contribution in [3.63, 3.8) is 0 Å². The molecular formula is C21H22BrN2O5P. The molecule has 0 saturated carbocycles. The van der Waals surface area contributed by atoms with Crippen LogP contribution in [0.4, 0.5) is 0 Å². The number of carbonyl (C=O) groups is 2. The number of nitrogens with zero attached hydrogens (tertiary/aromatic N) is 1. The lowest BCUT2D eigenvalue weighted by atomic mass is 10.0. The molecule has 3 aromatic rings. The molecule has 1 heterocycles. The number of hydrogen-bond acceptors (Lipinski definition) is 4. The first-order chi connectivity index (χ1) is 14.3. The number of primary amides is 1. The Morgan fingerprint density at radius 3 is 2.60 bits per heavy atom. The minimum absolute atomic E-state index is 0.00172. The van der Waals surface area contributed by atoms with E-state index in [2.05, 4.69) is 15.9 Å². The number of fused-ring (bicyclic) bond motifs is 1. The predicted molar refractivity (Wildman–Crippen MR) is 118 cm³/mol. The molecule has 1 aromatic heterocycles. The molecule has 2 aromatic carbocycles. The van der Waals surface area contributed by atoms with Gasteiger partial charge in [0.15, 0.2) is 0 Å². The molecule has 0 spiro atoms. The summed E-state index contributed by atoms with van der Waals surface area (Å²) in [5.74, 6) is -0.492. The van der Waals surface area contributed by atoms with Gasteiger partial charge < -0.3 is 24.5 Å². The van der Waals surface area contributed by atoms with Crippen molar-refractivity contribution in [2.24, 2.45) is 5.73 Å². The van der Waals surface area contributed by atoms with E-state index in [0.29, 0.717) is 28.6 Å². The normalized spacial score (nSPS) is 14.4. The highest BCUT2D eigenvalue weighted by Crippen LogP contribution is 2.57. The molecule has 0 bridgehead atoms. The summed E-state index contributed by atoms with van der Waals surface area (Å²) < 4.78 is 20.0. The van der Waals surface area contributed by atoms with Crippen LogP contribution in [0.5, 0.6) is 0 Å². The Morgan fingerprint density at radius 2 is 2.00 bits per heavy atom. The fourth-order valence-electron chi connectivity index (χ4n) is 3.56. The topological polar surface area (TPSA) is 112 Å². The summed E-state index contributed by atoms with van der Waals surface area (Å²) in [6.07, 6.45) is 0.434. The maximum absolute atomic E-state index is 12.5. The van der Waals surface area contributed by atoms with Gasteiger partial charge in [0, 0.05) is 36.5 Å². The summed E-state index contributed by atoms with van der Waals surface area (Å²) in [6, 6.07) is 15.1. The number of halogens is 1. The van der Waals surface area contributed by atoms with Crippen LogP contribution >= 0.6 is 23.5 Å². The average Bonchev–Trinajstić information content (AvgIpc) is 2.97. The monoisotopic (exact) mass is 492 g/mol. The standard InChI is InChI=1S/C21H22BrN2O5P/c1-29-30(27,28)19(9-10-25)15-7-8-18-16(11-15)17(12-20(23)26)21(22)24(18)13-14-5-3-2-4-6-14/h2-8,10-11,19H,9,12-13H2,1H3,(H2,23,26)(H,27,28). The maximum Gasteiger partial charge on any atom is 0.335 e. The first-order valence-corrected chi connectivity index (χ1v) is 11.7. The molecule has 0 aliphatic heterocycles. The number of nitrogens with two attached hydrogens (primary N) is 1. The first-order valence-electron chi connectivity index (χ1n) is 9.23. The van der Waals surface area contributed by atoms with Crippen molar-refractivity contribution in [2.75, 3.05) is 7.11 Å². The molecule has 158 valence electrons. The Bertz CT molecular complexity index is 1130. The van der Waals surface area contributed by atoms with E-state index in [1.54, 1.807) is 12.1 Å². The summed E-state index contributed by atoms with van der Waals surface area (Å²) in [6.45, 7) is 0.560. The minimum atomic E-state index is -4.04. The number of hydrogen-bond donors (Lipinski definition) is 2. The van der Waals surface area contributed by atoms with E-state index in [9.17, 15) is 19.0 Å². The number of aldehydes is 1. The van der Waals surface area contributed by atoms with Crippen LogP contribution < -0.4 is 5.73 Å². The predicted octanol–water partition coefficient (Wildman–Crippen LogP) is 3.94. The zero-order chi connectivity index (χ0) is 21.9. The van der Waals surface area contributed by atoms with Gasteiger partial charge in [-0.3, -0.25) is 9.36 Å². The van der Waals surface area contributed by atoms with Crippen LogP contribution in [-0.2, 0) is 31.6 Å². The van der Waals surface area contributed by atoms with Gasteiger partial charge >= 0.3 is 7.60 Å². The fourth-order valence-corrected chi connectivity index (χ4v) is 5.37. The molecule has 0 radical (unpaired) electrons. The van der Waals surface area contributed by atoms with Gasteiger partial charge in [0.1, 0.15) is 6.29 Å². The third kappa shape index (κ3) is 4.57. The molecule has 3 rings (SSSR count). The molecular weight excluding hydrogens is 471 g/mol. The van der Waals surface area contributed by atoms with Crippen molar-refractivity contribution < 1.29 is 23.6 Å². The SMILES string of the molecule is COP(=O)(O)C(CC=O)c1ccc2c(c1)c(CC(N)=O)c(Br)n2Cc1ccccc1. The van der Waals surface area contributed by atoms with E-state index in [-0.39, 0.29) is 12.8 Å². The highest BCUT2D eigenvalue weighted by atomic mass is 79.9. The van der Waals surface area contributed by atoms with Crippen molar-refractivity contribution in [2.45, 2.75) is 25.0 Å². The molecule has 0 aliphatic carbocycles. The van der Waals surface area contributed by atoms with Crippen LogP contribution in [0.1, 0.15) is 28.8 Å². The van der Waals surface area contributed by atoms with Gasteiger partial charge in [-0.25, -0.2) is 0 Å². The molecule has 1 amide bonds. The van der Waals surface area contributed by atoms with Gasteiger partial charge in [-0.05, 0) is 39.2 Å². The van der Waals surface area contributed by atoms with Crippen LogP contribution in [0.15, 0.2) is 53.1 Å². The third-order valence-corrected chi connectivity index (χ3v) is 7.74. The number of carbonyl (C=O) groups excluding carboxylic acids is 2. The van der Waals surface area contributed by atoms with Crippen LogP contribution in [-0.4, -0.2) is 28.8 Å². The quantitative estimate of drug-likeness (QED) is 0.347. The van der Waals surface area contributed by atoms with Gasteiger partial charge in [0.2, 0.25) is 5.91 Å². The molecule has 30 heavy (non-hydrogen) atoms. The second-order valence-corrected chi connectivity index (χ2v) is 9.79. The van der Waals surface area contributed by atoms with Gasteiger partial charge in [-0.1, -0.05) is 36.4 Å². The van der Waals surface area contributed by atoms with Crippen LogP contribution in [0, 0.1) is 0 Å². The van der Waals surface area contributed by atoms with E-state index in [0.717, 1.165) is 23.6 Å². The second-order valence-electron chi connectivity index (χ2n) is 6.93. The zero-order valence-electron chi connectivity index (χ0n) is 16.3. The van der Waals surface area contributed by atoms with Crippen molar-refractivity contribution in [3.05, 3.63) is 69.8 Å². The Balaban J connectivity index is 2.19. The number of rotatable bonds is 9. The van der Waals surface area contributed by atoms with Crippen LogP contribution in [0.2, 0.25) is 0 Å². The lowest BCUT2D eigenvalue weighted by molar-refractivity contribution is -0.117. The highest BCUT2D eigenvalue weighted by Gasteiger charge is 2.33. The largest absolute Gasteiger partial charge is 0.369 e. The summed E-state index contributed by atoms with van der Waals surface area (Å²) in [4.78, 5) is 33.0. The van der Waals surface area contributed by atoms with Gasteiger partial charge in [0.05, 0.1) is 16.7 Å². The number of aromatic nitrogens is 1. The average molecular weight is 493 g/mol. The Morgan fingerprint density at radius 1 is 1.30 bits per heavy atom. The number of amides is 1. The Hall–Kier alpha value is -2.25. The van der Waals surface area contributed by atoms with E-state index in [4.69, 9.17) is 10.3 Å². The van der Waals surface area contributed by atoms with E-state index in [1.165, 1.54) is 0 Å². The van der Waals surface area contributed by atoms with Gasteiger partial charge in [-0.15, -0.1) is 0 Å². The smallest absolute Gasteiger partial charge is 0.335 e. The lowest BCUT2D eigenvalue weighted by Gasteiger charge is -2.20. The van der Waals surface area contributed by atoms with Crippen molar-refractivity contribution >= 4 is 46.6 Å². The molecule has 2 unspecified atom stereocenters. The molecule has 7 nitrogen and oxygen atoms in total. The second kappa shape index (κ2) is 9.27. The molecule has 0 saturated heterocycles. The minimum Gasteiger partial charge on any atom is -0.369 e. The van der Waals surface area contributed by atoms with Crippen LogP contribution in [0.25, 0.3) is 10.9 Å². The number of benzene rings is 2. The molecule has 2 atom stereocenters. The summed E-state index contributed by atoms with van der Waals surface area (Å²) in [5.41, 5.74) is 7.54. The van der Waals surface area contributed by atoms with Crippen molar-refractivity contribution in [1.29, 1.82) is 0 Å².